The molecule has 1 unspecified atom stereocenters. The smallest absolute Gasteiger partial charge is 0.161 e. The van der Waals surface area contributed by atoms with Gasteiger partial charge in [0.1, 0.15) is 6.61 Å². The van der Waals surface area contributed by atoms with E-state index >= 15 is 0 Å². The molecule has 1 atom stereocenters. The molecule has 1 N–H and O–H groups in total. The maximum absolute atomic E-state index is 6.05. The largest absolute Gasteiger partial charge is 0.493 e. The van der Waals surface area contributed by atoms with E-state index in [0.29, 0.717) is 18.1 Å². The Hall–Kier alpha value is -2.00. The van der Waals surface area contributed by atoms with E-state index in [1.165, 1.54) is 55.2 Å². The fourth-order valence-electron chi connectivity index (χ4n) is 6.98. The lowest BCUT2D eigenvalue weighted by Gasteiger charge is -2.59. The molecule has 0 aromatic heterocycles. The predicted octanol–water partition coefficient (Wildman–Crippen LogP) is 6.28. The first kappa shape index (κ1) is 20.9. The van der Waals surface area contributed by atoms with Crippen LogP contribution in [0.3, 0.4) is 0 Å². The Balaban J connectivity index is 1.20. The minimum Gasteiger partial charge on any atom is -0.493 e. The van der Waals surface area contributed by atoms with Gasteiger partial charge in [0, 0.05) is 12.6 Å². The molecule has 4 fully saturated rings. The van der Waals surface area contributed by atoms with E-state index in [4.69, 9.17) is 9.47 Å². The zero-order valence-corrected chi connectivity index (χ0v) is 19.3. The highest BCUT2D eigenvalue weighted by molar-refractivity contribution is 5.43. The second-order valence-corrected chi connectivity index (χ2v) is 10.6. The van der Waals surface area contributed by atoms with Crippen molar-refractivity contribution in [2.75, 3.05) is 7.11 Å². The van der Waals surface area contributed by atoms with Gasteiger partial charge >= 0.3 is 0 Å². The molecular weight excluding hydrogens is 382 g/mol. The van der Waals surface area contributed by atoms with E-state index in [1.807, 2.05) is 0 Å². The van der Waals surface area contributed by atoms with Crippen LogP contribution in [0.1, 0.15) is 62.1 Å². The number of methoxy groups -OCH3 is 1. The Bertz CT molecular complexity index is 868. The van der Waals surface area contributed by atoms with Crippen LogP contribution in [0.5, 0.6) is 11.5 Å². The van der Waals surface area contributed by atoms with Crippen LogP contribution >= 0.6 is 0 Å². The SMILES string of the molecule is COc1cc(CNC(C)C23CC4CC(CC(C4)C2)C3)ccc1OCc1ccc(C)cc1. The number of benzene rings is 2. The molecule has 0 amide bonds. The number of nitrogens with one attached hydrogen (secondary N) is 1. The van der Waals surface area contributed by atoms with Crippen LogP contribution in [0.25, 0.3) is 0 Å². The third kappa shape index (κ3) is 4.35. The molecule has 6 rings (SSSR count). The molecule has 4 aliphatic rings. The molecule has 4 saturated carbocycles. The van der Waals surface area contributed by atoms with Crippen molar-refractivity contribution < 1.29 is 9.47 Å². The van der Waals surface area contributed by atoms with Gasteiger partial charge in [0.2, 0.25) is 0 Å². The number of hydrogen-bond donors (Lipinski definition) is 1. The van der Waals surface area contributed by atoms with Crippen molar-refractivity contribution in [3.8, 4) is 11.5 Å². The zero-order valence-electron chi connectivity index (χ0n) is 19.3. The molecule has 166 valence electrons. The molecule has 0 heterocycles. The van der Waals surface area contributed by atoms with E-state index in [1.54, 1.807) is 7.11 Å². The normalized spacial score (nSPS) is 29.7. The minimum atomic E-state index is 0.538. The van der Waals surface area contributed by atoms with Gasteiger partial charge in [-0.1, -0.05) is 35.9 Å². The summed E-state index contributed by atoms with van der Waals surface area (Å²) >= 11 is 0. The van der Waals surface area contributed by atoms with Gasteiger partial charge in [-0.25, -0.2) is 0 Å². The molecule has 0 radical (unpaired) electrons. The van der Waals surface area contributed by atoms with Crippen molar-refractivity contribution in [3.05, 3.63) is 59.2 Å². The predicted molar refractivity (Wildman–Crippen MR) is 125 cm³/mol. The topological polar surface area (TPSA) is 30.5 Å². The van der Waals surface area contributed by atoms with Gasteiger partial charge in [-0.3, -0.25) is 0 Å². The molecule has 0 saturated heterocycles. The molecule has 3 nitrogen and oxygen atoms in total. The Morgan fingerprint density at radius 1 is 0.903 bits per heavy atom. The Morgan fingerprint density at radius 3 is 2.13 bits per heavy atom. The maximum Gasteiger partial charge on any atom is 0.161 e. The van der Waals surface area contributed by atoms with E-state index < -0.39 is 0 Å². The van der Waals surface area contributed by atoms with Crippen molar-refractivity contribution in [2.24, 2.45) is 23.2 Å². The third-order valence-corrected chi connectivity index (χ3v) is 8.36. The summed E-state index contributed by atoms with van der Waals surface area (Å²) in [6, 6.07) is 15.4. The molecular formula is C28H37NO2. The van der Waals surface area contributed by atoms with Crippen molar-refractivity contribution in [3.63, 3.8) is 0 Å². The zero-order chi connectivity index (χ0) is 21.4. The first-order valence-corrected chi connectivity index (χ1v) is 12.1. The number of ether oxygens (including phenoxy) is 2. The number of rotatable bonds is 8. The average molecular weight is 420 g/mol. The molecule has 31 heavy (non-hydrogen) atoms. The summed E-state index contributed by atoms with van der Waals surface area (Å²) in [6.45, 7) is 5.97. The minimum absolute atomic E-state index is 0.538. The lowest BCUT2D eigenvalue weighted by molar-refractivity contribution is -0.0706. The van der Waals surface area contributed by atoms with E-state index in [2.05, 4.69) is 61.6 Å². The maximum atomic E-state index is 6.05. The summed E-state index contributed by atoms with van der Waals surface area (Å²) in [7, 11) is 1.73. The molecule has 0 spiro atoms. The van der Waals surface area contributed by atoms with Crippen LogP contribution < -0.4 is 14.8 Å². The summed E-state index contributed by atoms with van der Waals surface area (Å²) < 4.78 is 11.7. The van der Waals surface area contributed by atoms with Crippen LogP contribution in [0.15, 0.2) is 42.5 Å². The first-order chi connectivity index (χ1) is 15.0. The van der Waals surface area contributed by atoms with Gasteiger partial charge in [0.15, 0.2) is 11.5 Å². The van der Waals surface area contributed by atoms with E-state index in [9.17, 15) is 0 Å². The third-order valence-electron chi connectivity index (χ3n) is 8.36. The van der Waals surface area contributed by atoms with Crippen LogP contribution in [-0.2, 0) is 13.2 Å². The lowest BCUT2D eigenvalue weighted by Crippen LogP contribution is -2.54. The van der Waals surface area contributed by atoms with Crippen LogP contribution in [0.4, 0.5) is 0 Å². The summed E-state index contributed by atoms with van der Waals surface area (Å²) in [6.07, 6.45) is 8.86. The van der Waals surface area contributed by atoms with Gasteiger partial charge in [0.25, 0.3) is 0 Å². The van der Waals surface area contributed by atoms with Gasteiger partial charge < -0.3 is 14.8 Å². The van der Waals surface area contributed by atoms with Crippen LogP contribution in [0, 0.1) is 30.1 Å². The van der Waals surface area contributed by atoms with E-state index in [-0.39, 0.29) is 0 Å². The molecule has 2 aromatic carbocycles. The summed E-state index contributed by atoms with van der Waals surface area (Å²) in [5.41, 5.74) is 4.23. The Morgan fingerprint density at radius 2 is 1.52 bits per heavy atom. The van der Waals surface area contributed by atoms with Crippen molar-refractivity contribution in [1.29, 1.82) is 0 Å². The Kier molecular flexibility index (Phi) is 5.73. The van der Waals surface area contributed by atoms with Gasteiger partial charge in [0.05, 0.1) is 7.11 Å². The van der Waals surface area contributed by atoms with Crippen molar-refractivity contribution in [1.82, 2.24) is 5.32 Å². The van der Waals surface area contributed by atoms with Crippen LogP contribution in [-0.4, -0.2) is 13.2 Å². The number of aryl methyl sites for hydroxylation is 1. The standard InChI is InChI=1S/C28H37NO2/c1-19-4-6-21(7-5-19)18-31-26-9-8-22(13-27(26)30-3)17-29-20(2)28-14-23-10-24(15-28)12-25(11-23)16-28/h4-9,13,20,23-25,29H,10-12,14-18H2,1-3H3. The summed E-state index contributed by atoms with van der Waals surface area (Å²) in [5, 5.41) is 3.89. The monoisotopic (exact) mass is 419 g/mol. The highest BCUT2D eigenvalue weighted by atomic mass is 16.5. The summed E-state index contributed by atoms with van der Waals surface area (Å²) in [5.74, 6) is 4.62. The molecule has 2 aromatic rings. The average Bonchev–Trinajstić information content (AvgIpc) is 2.76. The molecule has 3 heteroatoms. The van der Waals surface area contributed by atoms with Gasteiger partial charge in [-0.2, -0.15) is 0 Å². The number of hydrogen-bond acceptors (Lipinski definition) is 3. The van der Waals surface area contributed by atoms with Gasteiger partial charge in [-0.15, -0.1) is 0 Å². The quantitative estimate of drug-likeness (QED) is 0.546. The van der Waals surface area contributed by atoms with Crippen LogP contribution in [0.2, 0.25) is 0 Å². The fourth-order valence-corrected chi connectivity index (χ4v) is 6.98. The Labute approximate surface area is 187 Å². The first-order valence-electron chi connectivity index (χ1n) is 12.1. The fraction of sp³-hybridized carbons (Fsp3) is 0.571. The van der Waals surface area contributed by atoms with Crippen molar-refractivity contribution in [2.45, 2.75) is 71.6 Å². The summed E-state index contributed by atoms with van der Waals surface area (Å²) in [4.78, 5) is 0. The highest BCUT2D eigenvalue weighted by Gasteiger charge is 2.52. The second kappa shape index (κ2) is 8.50. The van der Waals surface area contributed by atoms with Gasteiger partial charge in [-0.05, 0) is 98.8 Å². The second-order valence-electron chi connectivity index (χ2n) is 10.6. The van der Waals surface area contributed by atoms with Crippen molar-refractivity contribution >= 4 is 0 Å². The molecule has 0 aliphatic heterocycles. The molecule has 4 bridgehead atoms. The van der Waals surface area contributed by atoms with E-state index in [0.717, 1.165) is 35.8 Å². The lowest BCUT2D eigenvalue weighted by atomic mass is 9.48. The highest BCUT2D eigenvalue weighted by Crippen LogP contribution is 2.61. The molecule has 4 aliphatic carbocycles.